The zero-order valence-corrected chi connectivity index (χ0v) is 12.6. The fourth-order valence-corrected chi connectivity index (χ4v) is 4.15. The predicted octanol–water partition coefficient (Wildman–Crippen LogP) is 4.07. The molecule has 1 heterocycles. The molecule has 1 fully saturated rings. The molecule has 108 valence electrons. The summed E-state index contributed by atoms with van der Waals surface area (Å²) < 4.78 is 0. The number of hydrogen-bond donors (Lipinski definition) is 0. The van der Waals surface area contributed by atoms with Gasteiger partial charge in [0.15, 0.2) is 0 Å². The maximum atomic E-state index is 2.63. The highest BCUT2D eigenvalue weighted by molar-refractivity contribution is 5.34. The fraction of sp³-hybridized carbons (Fsp3) is 0.400. The quantitative estimate of drug-likeness (QED) is 0.800. The minimum Gasteiger partial charge on any atom is -0.299 e. The van der Waals surface area contributed by atoms with Gasteiger partial charge in [-0.1, -0.05) is 54.6 Å². The number of rotatable bonds is 2. The minimum absolute atomic E-state index is 0.566. The normalized spacial score (nSPS) is 20.6. The van der Waals surface area contributed by atoms with Crippen molar-refractivity contribution in [3.05, 3.63) is 71.3 Å². The molecule has 21 heavy (non-hydrogen) atoms. The molecule has 2 aromatic carbocycles. The molecule has 0 unspecified atom stereocenters. The second kappa shape index (κ2) is 5.31. The molecule has 0 N–H and O–H groups in total. The molecular weight excluding hydrogens is 254 g/mol. The Morgan fingerprint density at radius 3 is 1.95 bits per heavy atom. The van der Waals surface area contributed by atoms with E-state index in [1.807, 2.05) is 0 Å². The summed E-state index contributed by atoms with van der Waals surface area (Å²) in [6.45, 7) is 3.62. The third kappa shape index (κ3) is 2.63. The van der Waals surface area contributed by atoms with Crippen molar-refractivity contribution in [2.45, 2.75) is 32.2 Å². The van der Waals surface area contributed by atoms with Gasteiger partial charge in [-0.15, -0.1) is 0 Å². The standard InChI is InChI=1S/C20H23N/c1-2-6-17(7-3-1)16-21-12-10-20(11-13-21)14-18-8-4-5-9-19(18)15-20/h1-9H,10-16H2. The van der Waals surface area contributed by atoms with Gasteiger partial charge in [0.1, 0.15) is 0 Å². The lowest BCUT2D eigenvalue weighted by Crippen LogP contribution is -2.40. The zero-order chi connectivity index (χ0) is 14.1. The molecule has 0 aromatic heterocycles. The van der Waals surface area contributed by atoms with Crippen LogP contribution in [-0.2, 0) is 19.4 Å². The number of likely N-dealkylation sites (tertiary alicyclic amines) is 1. The van der Waals surface area contributed by atoms with Crippen molar-refractivity contribution in [3.63, 3.8) is 0 Å². The highest BCUT2D eigenvalue weighted by Crippen LogP contribution is 2.44. The molecule has 1 aliphatic carbocycles. The molecular formula is C20H23N. The van der Waals surface area contributed by atoms with Crippen LogP contribution in [0.25, 0.3) is 0 Å². The van der Waals surface area contributed by atoms with Gasteiger partial charge in [0.05, 0.1) is 0 Å². The Morgan fingerprint density at radius 1 is 0.762 bits per heavy atom. The first-order valence-corrected chi connectivity index (χ1v) is 8.16. The van der Waals surface area contributed by atoms with E-state index < -0.39 is 0 Å². The van der Waals surface area contributed by atoms with E-state index in [9.17, 15) is 0 Å². The first kappa shape index (κ1) is 13.1. The molecule has 0 bridgehead atoms. The molecule has 1 saturated heterocycles. The summed E-state index contributed by atoms with van der Waals surface area (Å²) in [6.07, 6.45) is 5.33. The zero-order valence-electron chi connectivity index (χ0n) is 12.6. The predicted molar refractivity (Wildman–Crippen MR) is 87.2 cm³/mol. The molecule has 0 radical (unpaired) electrons. The second-order valence-electron chi connectivity index (χ2n) is 6.88. The van der Waals surface area contributed by atoms with Gasteiger partial charge >= 0.3 is 0 Å². The van der Waals surface area contributed by atoms with Crippen LogP contribution in [0, 0.1) is 5.41 Å². The molecule has 2 aliphatic rings. The fourth-order valence-electron chi connectivity index (χ4n) is 4.15. The molecule has 1 nitrogen and oxygen atoms in total. The lowest BCUT2D eigenvalue weighted by molar-refractivity contribution is 0.106. The lowest BCUT2D eigenvalue weighted by atomic mass is 9.76. The van der Waals surface area contributed by atoms with Crippen molar-refractivity contribution in [2.24, 2.45) is 5.41 Å². The van der Waals surface area contributed by atoms with Crippen LogP contribution in [0.4, 0.5) is 0 Å². The molecule has 1 aliphatic heterocycles. The molecule has 0 saturated carbocycles. The van der Waals surface area contributed by atoms with Crippen LogP contribution in [0.3, 0.4) is 0 Å². The van der Waals surface area contributed by atoms with Crippen LogP contribution >= 0.6 is 0 Å². The summed E-state index contributed by atoms with van der Waals surface area (Å²) in [5, 5.41) is 0. The molecule has 0 amide bonds. The first-order valence-electron chi connectivity index (χ1n) is 8.16. The highest BCUT2D eigenvalue weighted by Gasteiger charge is 2.39. The molecule has 2 aromatic rings. The number of fused-ring (bicyclic) bond motifs is 1. The van der Waals surface area contributed by atoms with Crippen LogP contribution in [0.2, 0.25) is 0 Å². The van der Waals surface area contributed by atoms with Gasteiger partial charge in [-0.05, 0) is 60.9 Å². The number of piperidine rings is 1. The Kier molecular flexibility index (Phi) is 3.31. The average molecular weight is 277 g/mol. The van der Waals surface area contributed by atoms with Gasteiger partial charge in [0, 0.05) is 6.54 Å². The van der Waals surface area contributed by atoms with Crippen molar-refractivity contribution in [3.8, 4) is 0 Å². The van der Waals surface area contributed by atoms with Gasteiger partial charge in [0.2, 0.25) is 0 Å². The van der Waals surface area contributed by atoms with Crippen LogP contribution in [0.1, 0.15) is 29.5 Å². The van der Waals surface area contributed by atoms with Crippen LogP contribution < -0.4 is 0 Å². The number of hydrogen-bond acceptors (Lipinski definition) is 1. The largest absolute Gasteiger partial charge is 0.299 e. The van der Waals surface area contributed by atoms with Gasteiger partial charge in [0.25, 0.3) is 0 Å². The summed E-state index contributed by atoms with van der Waals surface area (Å²) in [5.74, 6) is 0. The van der Waals surface area contributed by atoms with Gasteiger partial charge < -0.3 is 0 Å². The maximum absolute atomic E-state index is 2.63. The van der Waals surface area contributed by atoms with E-state index in [0.29, 0.717) is 5.41 Å². The topological polar surface area (TPSA) is 3.24 Å². The third-order valence-electron chi connectivity index (χ3n) is 5.42. The Morgan fingerprint density at radius 2 is 1.33 bits per heavy atom. The van der Waals surface area contributed by atoms with Crippen molar-refractivity contribution in [2.75, 3.05) is 13.1 Å². The van der Waals surface area contributed by atoms with E-state index >= 15 is 0 Å². The Balaban J connectivity index is 1.40. The van der Waals surface area contributed by atoms with E-state index in [2.05, 4.69) is 59.5 Å². The van der Waals surface area contributed by atoms with E-state index in [0.717, 1.165) is 6.54 Å². The molecule has 1 heteroatoms. The minimum atomic E-state index is 0.566. The van der Waals surface area contributed by atoms with E-state index in [1.165, 1.54) is 44.3 Å². The van der Waals surface area contributed by atoms with E-state index in [4.69, 9.17) is 0 Å². The maximum Gasteiger partial charge on any atom is 0.0233 e. The highest BCUT2D eigenvalue weighted by atomic mass is 15.1. The smallest absolute Gasteiger partial charge is 0.0233 e. The third-order valence-corrected chi connectivity index (χ3v) is 5.42. The summed E-state index contributed by atoms with van der Waals surface area (Å²) in [6, 6.07) is 19.9. The monoisotopic (exact) mass is 277 g/mol. The summed E-state index contributed by atoms with van der Waals surface area (Å²) in [7, 11) is 0. The molecule has 1 spiro atoms. The van der Waals surface area contributed by atoms with Crippen LogP contribution in [0.15, 0.2) is 54.6 Å². The summed E-state index contributed by atoms with van der Waals surface area (Å²) in [5.41, 5.74) is 5.22. The summed E-state index contributed by atoms with van der Waals surface area (Å²) in [4.78, 5) is 2.63. The lowest BCUT2D eigenvalue weighted by Gasteiger charge is -2.39. The van der Waals surface area contributed by atoms with Crippen molar-refractivity contribution >= 4 is 0 Å². The van der Waals surface area contributed by atoms with Crippen LogP contribution in [0.5, 0.6) is 0 Å². The number of nitrogens with zero attached hydrogens (tertiary/aromatic N) is 1. The second-order valence-corrected chi connectivity index (χ2v) is 6.88. The van der Waals surface area contributed by atoms with Crippen molar-refractivity contribution < 1.29 is 0 Å². The Labute approximate surface area is 127 Å². The van der Waals surface area contributed by atoms with Gasteiger partial charge in [-0.3, -0.25) is 4.90 Å². The molecule has 0 atom stereocenters. The SMILES string of the molecule is c1ccc(CN2CCC3(CC2)Cc2ccccc2C3)cc1. The average Bonchev–Trinajstić information content (AvgIpc) is 2.89. The number of benzene rings is 2. The van der Waals surface area contributed by atoms with Gasteiger partial charge in [-0.2, -0.15) is 0 Å². The van der Waals surface area contributed by atoms with E-state index in [1.54, 1.807) is 11.1 Å². The van der Waals surface area contributed by atoms with Crippen molar-refractivity contribution in [1.82, 2.24) is 4.90 Å². The Bertz CT molecular complexity index is 582. The summed E-state index contributed by atoms with van der Waals surface area (Å²) >= 11 is 0. The Hall–Kier alpha value is -1.60. The first-order chi connectivity index (χ1) is 10.3. The molecule has 4 rings (SSSR count). The van der Waals surface area contributed by atoms with Crippen molar-refractivity contribution in [1.29, 1.82) is 0 Å². The van der Waals surface area contributed by atoms with Crippen LogP contribution in [-0.4, -0.2) is 18.0 Å². The van der Waals surface area contributed by atoms with Gasteiger partial charge in [-0.25, -0.2) is 0 Å². The van der Waals surface area contributed by atoms with E-state index in [-0.39, 0.29) is 0 Å².